The van der Waals surface area contributed by atoms with Crippen LogP contribution < -0.4 is 10.8 Å². The van der Waals surface area contributed by atoms with Gasteiger partial charge in [-0.05, 0) is 36.2 Å². The molecule has 0 aliphatic rings. The zero-order valence-electron chi connectivity index (χ0n) is 11.0. The molecule has 0 bridgehead atoms. The van der Waals surface area contributed by atoms with Crippen LogP contribution in [0.3, 0.4) is 0 Å². The van der Waals surface area contributed by atoms with Gasteiger partial charge in [0.05, 0.1) is 0 Å². The Kier molecular flexibility index (Phi) is 5.23. The number of carbonyl (C=O) groups is 1. The van der Waals surface area contributed by atoms with Gasteiger partial charge in [-0.15, -0.1) is 0 Å². The van der Waals surface area contributed by atoms with Crippen molar-refractivity contribution >= 4 is 5.91 Å². The van der Waals surface area contributed by atoms with Crippen LogP contribution in [0.1, 0.15) is 21.5 Å². The molecule has 0 saturated heterocycles. The lowest BCUT2D eigenvalue weighted by Gasteiger charge is -2.09. The number of benzene rings is 1. The fourth-order valence-electron chi connectivity index (χ4n) is 1.96. The molecule has 5 nitrogen and oxygen atoms in total. The van der Waals surface area contributed by atoms with E-state index < -0.39 is 5.91 Å². The Bertz CT molecular complexity index is 558. The minimum absolute atomic E-state index is 0.476. The molecule has 5 heteroatoms. The molecule has 1 aromatic heterocycles. The topological polar surface area (TPSA) is 74.2 Å². The molecule has 0 atom stereocenters. The normalized spacial score (nSPS) is 10.2. The molecule has 2 rings (SSSR count). The number of aromatic nitrogens is 1. The Morgan fingerprint density at radius 2 is 2.05 bits per heavy atom. The number of hydrogen-bond donors (Lipinski definition) is 3. The number of carbonyl (C=O) groups excluding carboxylic acids is 1. The van der Waals surface area contributed by atoms with Crippen LogP contribution in [0, 0.1) is 0 Å². The SMILES string of the molecule is O=C(NO)c1ccccc1CNCCc1cccnc1. The lowest BCUT2D eigenvalue weighted by molar-refractivity contribution is 0.0705. The van der Waals surface area contributed by atoms with Gasteiger partial charge in [-0.1, -0.05) is 24.3 Å². The Labute approximate surface area is 117 Å². The standard InChI is InChI=1S/C15H17N3O2/c19-15(18-20)14-6-2-1-5-13(14)11-17-9-7-12-4-3-8-16-10-12/h1-6,8,10,17,20H,7,9,11H2,(H,18,19). The Hall–Kier alpha value is -2.24. The summed E-state index contributed by atoms with van der Waals surface area (Å²) in [5.74, 6) is -0.491. The summed E-state index contributed by atoms with van der Waals surface area (Å²) < 4.78 is 0. The van der Waals surface area contributed by atoms with E-state index in [1.54, 1.807) is 23.8 Å². The number of hydrogen-bond acceptors (Lipinski definition) is 4. The van der Waals surface area contributed by atoms with Crippen molar-refractivity contribution in [2.45, 2.75) is 13.0 Å². The molecule has 0 spiro atoms. The van der Waals surface area contributed by atoms with Gasteiger partial charge in [-0.2, -0.15) is 0 Å². The molecule has 0 fully saturated rings. The van der Waals surface area contributed by atoms with E-state index in [4.69, 9.17) is 5.21 Å². The maximum absolute atomic E-state index is 11.5. The van der Waals surface area contributed by atoms with E-state index in [-0.39, 0.29) is 0 Å². The van der Waals surface area contributed by atoms with Gasteiger partial charge in [0.2, 0.25) is 0 Å². The summed E-state index contributed by atoms with van der Waals surface area (Å²) in [6.45, 7) is 1.37. The molecule has 20 heavy (non-hydrogen) atoms. The second-order valence-electron chi connectivity index (χ2n) is 4.39. The third kappa shape index (κ3) is 3.88. The van der Waals surface area contributed by atoms with Crippen molar-refractivity contribution in [3.8, 4) is 0 Å². The first-order valence-corrected chi connectivity index (χ1v) is 6.43. The maximum atomic E-state index is 11.5. The monoisotopic (exact) mass is 271 g/mol. The van der Waals surface area contributed by atoms with E-state index in [2.05, 4.69) is 10.3 Å². The van der Waals surface area contributed by atoms with Crippen molar-refractivity contribution < 1.29 is 10.0 Å². The highest BCUT2D eigenvalue weighted by atomic mass is 16.5. The fourth-order valence-corrected chi connectivity index (χ4v) is 1.96. The zero-order chi connectivity index (χ0) is 14.2. The summed E-state index contributed by atoms with van der Waals surface area (Å²) in [4.78, 5) is 15.6. The minimum atomic E-state index is -0.491. The van der Waals surface area contributed by atoms with E-state index in [1.165, 1.54) is 5.56 Å². The molecule has 0 saturated carbocycles. The van der Waals surface area contributed by atoms with Crippen LogP contribution in [0.2, 0.25) is 0 Å². The maximum Gasteiger partial charge on any atom is 0.274 e. The molecule has 1 amide bonds. The molecule has 3 N–H and O–H groups in total. The summed E-state index contributed by atoms with van der Waals surface area (Å²) in [6.07, 6.45) is 4.47. The van der Waals surface area contributed by atoms with Gasteiger partial charge in [0, 0.05) is 24.5 Å². The first-order chi connectivity index (χ1) is 9.81. The number of amides is 1. The van der Waals surface area contributed by atoms with Crippen molar-refractivity contribution in [3.05, 3.63) is 65.5 Å². The van der Waals surface area contributed by atoms with E-state index in [0.29, 0.717) is 12.1 Å². The van der Waals surface area contributed by atoms with Crippen LogP contribution in [0.5, 0.6) is 0 Å². The molecular weight excluding hydrogens is 254 g/mol. The molecular formula is C15H17N3O2. The summed E-state index contributed by atoms with van der Waals surface area (Å²) >= 11 is 0. The molecule has 1 aromatic carbocycles. The van der Waals surface area contributed by atoms with Crippen LogP contribution in [-0.4, -0.2) is 22.6 Å². The van der Waals surface area contributed by atoms with Crippen LogP contribution in [0.25, 0.3) is 0 Å². The molecule has 1 heterocycles. The van der Waals surface area contributed by atoms with Crippen LogP contribution in [0.4, 0.5) is 0 Å². The van der Waals surface area contributed by atoms with Crippen molar-refractivity contribution in [1.82, 2.24) is 15.8 Å². The fraction of sp³-hybridized carbons (Fsp3) is 0.200. The first-order valence-electron chi connectivity index (χ1n) is 6.43. The zero-order valence-corrected chi connectivity index (χ0v) is 11.0. The predicted octanol–water partition coefficient (Wildman–Crippen LogP) is 1.53. The highest BCUT2D eigenvalue weighted by molar-refractivity contribution is 5.94. The lowest BCUT2D eigenvalue weighted by Crippen LogP contribution is -2.23. The van der Waals surface area contributed by atoms with Crippen LogP contribution >= 0.6 is 0 Å². The van der Waals surface area contributed by atoms with E-state index >= 15 is 0 Å². The second kappa shape index (κ2) is 7.37. The molecule has 0 aliphatic heterocycles. The highest BCUT2D eigenvalue weighted by Gasteiger charge is 2.08. The van der Waals surface area contributed by atoms with Gasteiger partial charge in [0.25, 0.3) is 5.91 Å². The first kappa shape index (κ1) is 14.2. The van der Waals surface area contributed by atoms with Crippen molar-refractivity contribution in [3.63, 3.8) is 0 Å². The number of hydroxylamine groups is 1. The smallest absolute Gasteiger partial charge is 0.274 e. The molecule has 2 aromatic rings. The summed E-state index contributed by atoms with van der Waals surface area (Å²) in [5, 5.41) is 12.0. The third-order valence-electron chi connectivity index (χ3n) is 2.99. The predicted molar refractivity (Wildman–Crippen MR) is 75.3 cm³/mol. The van der Waals surface area contributed by atoms with Crippen LogP contribution in [-0.2, 0) is 13.0 Å². The second-order valence-corrected chi connectivity index (χ2v) is 4.39. The van der Waals surface area contributed by atoms with Gasteiger partial charge in [0.15, 0.2) is 0 Å². The number of nitrogens with one attached hydrogen (secondary N) is 2. The molecule has 104 valence electrons. The Morgan fingerprint density at radius 1 is 1.20 bits per heavy atom. The number of rotatable bonds is 6. The van der Waals surface area contributed by atoms with Crippen LogP contribution in [0.15, 0.2) is 48.8 Å². The summed E-state index contributed by atoms with van der Waals surface area (Å²) in [5.41, 5.74) is 4.16. The summed E-state index contributed by atoms with van der Waals surface area (Å²) in [6, 6.07) is 11.1. The van der Waals surface area contributed by atoms with Gasteiger partial charge in [-0.25, -0.2) is 5.48 Å². The molecule has 0 aliphatic carbocycles. The van der Waals surface area contributed by atoms with E-state index in [0.717, 1.165) is 18.5 Å². The lowest BCUT2D eigenvalue weighted by atomic mass is 10.1. The highest BCUT2D eigenvalue weighted by Crippen LogP contribution is 2.08. The van der Waals surface area contributed by atoms with Crippen molar-refractivity contribution in [2.75, 3.05) is 6.54 Å². The minimum Gasteiger partial charge on any atom is -0.312 e. The van der Waals surface area contributed by atoms with Gasteiger partial charge < -0.3 is 5.32 Å². The summed E-state index contributed by atoms with van der Waals surface area (Å²) in [7, 11) is 0. The van der Waals surface area contributed by atoms with Gasteiger partial charge in [-0.3, -0.25) is 15.0 Å². The largest absolute Gasteiger partial charge is 0.312 e. The molecule has 0 unspecified atom stereocenters. The van der Waals surface area contributed by atoms with Gasteiger partial charge in [0.1, 0.15) is 0 Å². The molecule has 0 radical (unpaired) electrons. The van der Waals surface area contributed by atoms with E-state index in [1.807, 2.05) is 30.5 Å². The van der Waals surface area contributed by atoms with Gasteiger partial charge >= 0.3 is 0 Å². The third-order valence-corrected chi connectivity index (χ3v) is 2.99. The average molecular weight is 271 g/mol. The Morgan fingerprint density at radius 3 is 2.80 bits per heavy atom. The quantitative estimate of drug-likeness (QED) is 0.423. The van der Waals surface area contributed by atoms with E-state index in [9.17, 15) is 4.79 Å². The van der Waals surface area contributed by atoms with Crippen molar-refractivity contribution in [2.24, 2.45) is 0 Å². The number of pyridine rings is 1. The Balaban J connectivity index is 1.87. The van der Waals surface area contributed by atoms with Crippen molar-refractivity contribution in [1.29, 1.82) is 0 Å². The average Bonchev–Trinajstić information content (AvgIpc) is 2.52. The number of nitrogens with zero attached hydrogens (tertiary/aromatic N) is 1.